The van der Waals surface area contributed by atoms with Gasteiger partial charge in [0.25, 0.3) is 5.91 Å². The summed E-state index contributed by atoms with van der Waals surface area (Å²) in [5.74, 6) is 0.111. The number of carbonyl (C=O) groups is 1. The second-order valence-electron chi connectivity index (χ2n) is 5.56. The summed E-state index contributed by atoms with van der Waals surface area (Å²) in [4.78, 5) is 12.3. The number of amides is 1. The Labute approximate surface area is 146 Å². The monoisotopic (exact) mass is 364 g/mol. The van der Waals surface area contributed by atoms with Crippen LogP contribution in [0, 0.1) is 0 Å². The fraction of sp³-hybridized carbons (Fsp3) is 0.235. The zero-order valence-electron chi connectivity index (χ0n) is 14.1. The molecule has 0 aromatic heterocycles. The molecule has 0 aliphatic carbocycles. The average Bonchev–Trinajstić information content (AvgIpc) is 2.57. The molecule has 25 heavy (non-hydrogen) atoms. The van der Waals surface area contributed by atoms with E-state index in [1.807, 2.05) is 0 Å². The van der Waals surface area contributed by atoms with Crippen LogP contribution in [0.2, 0.25) is 0 Å². The minimum absolute atomic E-state index is 0.0856. The first-order chi connectivity index (χ1) is 11.7. The Kier molecular flexibility index (Phi) is 5.66. The number of benzene rings is 2. The topological polar surface area (TPSA) is 95.9 Å². The van der Waals surface area contributed by atoms with Crippen LogP contribution < -0.4 is 10.1 Å². The van der Waals surface area contributed by atoms with E-state index in [0.717, 1.165) is 4.31 Å². The summed E-state index contributed by atoms with van der Waals surface area (Å²) >= 11 is 0. The van der Waals surface area contributed by atoms with Gasteiger partial charge in [0.2, 0.25) is 10.0 Å². The molecule has 1 unspecified atom stereocenters. The van der Waals surface area contributed by atoms with Crippen molar-refractivity contribution in [3.8, 4) is 11.5 Å². The molecule has 0 spiro atoms. The molecule has 8 heteroatoms. The third-order valence-electron chi connectivity index (χ3n) is 3.40. The number of nitrogens with zero attached hydrogens (tertiary/aromatic N) is 1. The number of sulfonamides is 1. The Morgan fingerprint density at radius 1 is 1.16 bits per heavy atom. The second-order valence-corrected chi connectivity index (χ2v) is 7.71. The number of carbonyl (C=O) groups excluding carboxylic acids is 1. The summed E-state index contributed by atoms with van der Waals surface area (Å²) in [5.41, 5.74) is 0.356. The van der Waals surface area contributed by atoms with Crippen LogP contribution in [0.5, 0.6) is 11.5 Å². The molecular weight excluding hydrogens is 344 g/mol. The molecule has 2 rings (SSSR count). The number of ether oxygens (including phenoxy) is 1. The van der Waals surface area contributed by atoms with Crippen molar-refractivity contribution in [2.75, 3.05) is 19.4 Å². The van der Waals surface area contributed by atoms with E-state index in [1.165, 1.54) is 38.4 Å². The highest BCUT2D eigenvalue weighted by atomic mass is 32.2. The quantitative estimate of drug-likeness (QED) is 0.818. The second kappa shape index (κ2) is 7.54. The number of hydrogen-bond donors (Lipinski definition) is 2. The molecule has 0 aliphatic heterocycles. The van der Waals surface area contributed by atoms with Gasteiger partial charge in [-0.3, -0.25) is 4.79 Å². The van der Waals surface area contributed by atoms with E-state index in [-0.39, 0.29) is 10.6 Å². The van der Waals surface area contributed by atoms with Crippen LogP contribution in [0.3, 0.4) is 0 Å². The van der Waals surface area contributed by atoms with Crippen LogP contribution in [0.15, 0.2) is 53.4 Å². The zero-order chi connectivity index (χ0) is 18.6. The van der Waals surface area contributed by atoms with Crippen molar-refractivity contribution < 1.29 is 23.1 Å². The van der Waals surface area contributed by atoms with Gasteiger partial charge >= 0.3 is 0 Å². The molecule has 2 N–H and O–H groups in total. The van der Waals surface area contributed by atoms with Gasteiger partial charge in [-0.1, -0.05) is 6.07 Å². The van der Waals surface area contributed by atoms with E-state index in [4.69, 9.17) is 4.74 Å². The van der Waals surface area contributed by atoms with E-state index >= 15 is 0 Å². The Hall–Kier alpha value is -2.58. The Bertz CT molecular complexity index is 848. The lowest BCUT2D eigenvalue weighted by molar-refractivity contribution is -0.122. The maximum atomic E-state index is 12.2. The predicted octanol–water partition coefficient (Wildman–Crippen LogP) is 2.05. The molecule has 0 saturated carbocycles. The van der Waals surface area contributed by atoms with Gasteiger partial charge < -0.3 is 15.2 Å². The van der Waals surface area contributed by atoms with Crippen molar-refractivity contribution in [1.29, 1.82) is 0 Å². The summed E-state index contributed by atoms with van der Waals surface area (Å²) in [6.45, 7) is 1.57. The van der Waals surface area contributed by atoms with Crippen molar-refractivity contribution in [3.63, 3.8) is 0 Å². The molecule has 0 radical (unpaired) electrons. The standard InChI is InChI=1S/C17H20N2O5S/c1-12(24-15-9-7-14(20)8-10-15)17(21)18-13-5-4-6-16(11-13)25(22,23)19(2)3/h4-12,20H,1-3H3,(H,18,21). The molecule has 1 amide bonds. The lowest BCUT2D eigenvalue weighted by Gasteiger charge is -2.16. The molecule has 0 heterocycles. The third kappa shape index (κ3) is 4.71. The summed E-state index contributed by atoms with van der Waals surface area (Å²) in [5, 5.41) is 11.9. The van der Waals surface area contributed by atoms with E-state index < -0.39 is 22.0 Å². The van der Waals surface area contributed by atoms with Gasteiger partial charge in [-0.25, -0.2) is 12.7 Å². The molecule has 2 aromatic rings. The molecule has 0 fully saturated rings. The summed E-state index contributed by atoms with van der Waals surface area (Å²) in [7, 11) is -0.704. The number of hydrogen-bond acceptors (Lipinski definition) is 5. The zero-order valence-corrected chi connectivity index (χ0v) is 14.9. The molecule has 0 saturated heterocycles. The normalized spacial score (nSPS) is 12.6. The van der Waals surface area contributed by atoms with Gasteiger partial charge in [0, 0.05) is 19.8 Å². The highest BCUT2D eigenvalue weighted by molar-refractivity contribution is 7.89. The van der Waals surface area contributed by atoms with Crippen molar-refractivity contribution >= 4 is 21.6 Å². The SMILES string of the molecule is CC(Oc1ccc(O)cc1)C(=O)Nc1cccc(S(=O)(=O)N(C)C)c1. The van der Waals surface area contributed by atoms with E-state index in [2.05, 4.69) is 5.32 Å². The fourth-order valence-corrected chi connectivity index (χ4v) is 2.92. The lowest BCUT2D eigenvalue weighted by atomic mass is 10.3. The van der Waals surface area contributed by atoms with Crippen LogP contribution >= 0.6 is 0 Å². The fourth-order valence-electron chi connectivity index (χ4n) is 1.97. The molecule has 0 bridgehead atoms. The number of phenolic OH excluding ortho intramolecular Hbond substituents is 1. The molecule has 7 nitrogen and oxygen atoms in total. The minimum atomic E-state index is -3.58. The summed E-state index contributed by atoms with van der Waals surface area (Å²) in [6.07, 6.45) is -0.807. The largest absolute Gasteiger partial charge is 0.508 e. The first-order valence-electron chi connectivity index (χ1n) is 7.49. The first kappa shape index (κ1) is 18.8. The van der Waals surface area contributed by atoms with Crippen molar-refractivity contribution in [2.24, 2.45) is 0 Å². The van der Waals surface area contributed by atoms with Gasteiger partial charge in [0.05, 0.1) is 4.90 Å². The van der Waals surface area contributed by atoms with Crippen LogP contribution in [-0.4, -0.2) is 43.9 Å². The first-order valence-corrected chi connectivity index (χ1v) is 8.93. The Balaban J connectivity index is 2.08. The van der Waals surface area contributed by atoms with Crippen LogP contribution in [-0.2, 0) is 14.8 Å². The number of nitrogens with one attached hydrogen (secondary N) is 1. The molecular formula is C17H20N2O5S. The van der Waals surface area contributed by atoms with Crippen LogP contribution in [0.25, 0.3) is 0 Å². The van der Waals surface area contributed by atoms with E-state index in [0.29, 0.717) is 11.4 Å². The van der Waals surface area contributed by atoms with Gasteiger partial charge in [0.1, 0.15) is 11.5 Å². The molecule has 0 aliphatic rings. The summed E-state index contributed by atoms with van der Waals surface area (Å²) in [6, 6.07) is 12.0. The number of phenols is 1. The Morgan fingerprint density at radius 3 is 2.40 bits per heavy atom. The number of anilines is 1. The highest BCUT2D eigenvalue weighted by Gasteiger charge is 2.19. The molecule has 1 atom stereocenters. The number of rotatable bonds is 6. The predicted molar refractivity (Wildman–Crippen MR) is 94.1 cm³/mol. The van der Waals surface area contributed by atoms with Crippen molar-refractivity contribution in [1.82, 2.24) is 4.31 Å². The van der Waals surface area contributed by atoms with Crippen LogP contribution in [0.4, 0.5) is 5.69 Å². The molecule has 2 aromatic carbocycles. The van der Waals surface area contributed by atoms with Crippen molar-refractivity contribution in [2.45, 2.75) is 17.9 Å². The van der Waals surface area contributed by atoms with Crippen molar-refractivity contribution in [3.05, 3.63) is 48.5 Å². The maximum absolute atomic E-state index is 12.2. The van der Waals surface area contributed by atoms with Gasteiger partial charge in [-0.05, 0) is 49.4 Å². The average molecular weight is 364 g/mol. The number of aromatic hydroxyl groups is 1. The van der Waals surface area contributed by atoms with E-state index in [1.54, 1.807) is 31.2 Å². The van der Waals surface area contributed by atoms with Gasteiger partial charge in [0.15, 0.2) is 6.10 Å². The molecule has 134 valence electrons. The highest BCUT2D eigenvalue weighted by Crippen LogP contribution is 2.20. The Morgan fingerprint density at radius 2 is 1.80 bits per heavy atom. The minimum Gasteiger partial charge on any atom is -0.508 e. The summed E-state index contributed by atoms with van der Waals surface area (Å²) < 4.78 is 30.9. The smallest absolute Gasteiger partial charge is 0.265 e. The van der Waals surface area contributed by atoms with E-state index in [9.17, 15) is 18.3 Å². The third-order valence-corrected chi connectivity index (χ3v) is 5.21. The van der Waals surface area contributed by atoms with Crippen LogP contribution in [0.1, 0.15) is 6.92 Å². The maximum Gasteiger partial charge on any atom is 0.265 e. The van der Waals surface area contributed by atoms with Gasteiger partial charge in [-0.15, -0.1) is 0 Å². The lowest BCUT2D eigenvalue weighted by Crippen LogP contribution is -2.30. The van der Waals surface area contributed by atoms with Gasteiger partial charge in [-0.2, -0.15) is 0 Å².